The number of amides is 1. The standard InChI is InChI=1S/C26H42N4O3/c1-15(5-8-23(27)32)19-6-7-20-24-21(10-12-26(19,20)4)25(3)11-9-18(29-30-28)13-17(25)14-22(24)33-16(2)31/h15,17-22,24H,5-14H2,1-4H3,(H2,27,32)/t15-,17+,18?,19-,20+,21+,22-,24+,25+,26-/m1/s1. The van der Waals surface area contributed by atoms with E-state index in [0.29, 0.717) is 41.9 Å². The van der Waals surface area contributed by atoms with Gasteiger partial charge in [0.05, 0.1) is 0 Å². The zero-order valence-electron chi connectivity index (χ0n) is 20.8. The molecule has 0 radical (unpaired) electrons. The number of ether oxygens (including phenoxy) is 1. The minimum atomic E-state index is -0.206. The summed E-state index contributed by atoms with van der Waals surface area (Å²) in [6, 6.07) is 0.0680. The van der Waals surface area contributed by atoms with Gasteiger partial charge in [0.25, 0.3) is 0 Å². The van der Waals surface area contributed by atoms with E-state index < -0.39 is 0 Å². The van der Waals surface area contributed by atoms with Crippen molar-refractivity contribution in [1.82, 2.24) is 0 Å². The summed E-state index contributed by atoms with van der Waals surface area (Å²) < 4.78 is 6.07. The highest BCUT2D eigenvalue weighted by Crippen LogP contribution is 2.68. The molecule has 7 nitrogen and oxygen atoms in total. The predicted molar refractivity (Wildman–Crippen MR) is 127 cm³/mol. The van der Waals surface area contributed by atoms with E-state index in [0.717, 1.165) is 32.1 Å². The van der Waals surface area contributed by atoms with Crippen molar-refractivity contribution >= 4 is 11.9 Å². The van der Waals surface area contributed by atoms with Crippen LogP contribution in [-0.4, -0.2) is 24.0 Å². The van der Waals surface area contributed by atoms with E-state index in [1.807, 2.05) is 0 Å². The maximum Gasteiger partial charge on any atom is 0.302 e. The van der Waals surface area contributed by atoms with Crippen LogP contribution >= 0.6 is 0 Å². The molecule has 0 bridgehead atoms. The Labute approximate surface area is 198 Å². The molecule has 10 atom stereocenters. The van der Waals surface area contributed by atoms with Crippen LogP contribution in [0.4, 0.5) is 0 Å². The molecule has 4 aliphatic carbocycles. The summed E-state index contributed by atoms with van der Waals surface area (Å²) in [5.41, 5.74) is 14.9. The average Bonchev–Trinajstić information content (AvgIpc) is 3.10. The minimum absolute atomic E-state index is 0.0420. The van der Waals surface area contributed by atoms with Gasteiger partial charge in [-0.3, -0.25) is 9.59 Å². The maximum atomic E-state index is 12.2. The van der Waals surface area contributed by atoms with Gasteiger partial charge in [-0.1, -0.05) is 25.9 Å². The Morgan fingerprint density at radius 3 is 2.48 bits per heavy atom. The molecule has 0 spiro atoms. The summed E-state index contributed by atoms with van der Waals surface area (Å²) in [6.45, 7) is 8.78. The number of rotatable bonds is 6. The Balaban J connectivity index is 1.61. The van der Waals surface area contributed by atoms with Crippen LogP contribution in [0.5, 0.6) is 0 Å². The van der Waals surface area contributed by atoms with E-state index in [1.165, 1.54) is 32.6 Å². The Kier molecular flexibility index (Phi) is 6.74. The van der Waals surface area contributed by atoms with E-state index in [2.05, 4.69) is 30.8 Å². The Hall–Kier alpha value is -1.75. The van der Waals surface area contributed by atoms with E-state index in [9.17, 15) is 9.59 Å². The lowest BCUT2D eigenvalue weighted by Crippen LogP contribution is -2.59. The molecule has 0 aromatic carbocycles. The molecular formula is C26H42N4O3. The van der Waals surface area contributed by atoms with Crippen LogP contribution in [0.2, 0.25) is 0 Å². The lowest BCUT2D eigenvalue weighted by Gasteiger charge is -2.62. The topological polar surface area (TPSA) is 118 Å². The molecule has 1 amide bonds. The van der Waals surface area contributed by atoms with E-state index >= 15 is 0 Å². The van der Waals surface area contributed by atoms with Crippen LogP contribution in [0.15, 0.2) is 5.11 Å². The summed E-state index contributed by atoms with van der Waals surface area (Å²) in [6.07, 6.45) is 9.91. The zero-order valence-corrected chi connectivity index (χ0v) is 20.8. The summed E-state index contributed by atoms with van der Waals surface area (Å²) in [4.78, 5) is 26.6. The zero-order chi connectivity index (χ0) is 24.0. The smallest absolute Gasteiger partial charge is 0.302 e. The molecule has 184 valence electrons. The summed E-state index contributed by atoms with van der Waals surface area (Å²) >= 11 is 0. The Morgan fingerprint density at radius 1 is 1.12 bits per heavy atom. The number of carbonyl (C=O) groups excluding carboxylic acids is 2. The lowest BCUT2D eigenvalue weighted by molar-refractivity contribution is -0.189. The Morgan fingerprint density at radius 2 is 1.82 bits per heavy atom. The van der Waals surface area contributed by atoms with E-state index in [1.54, 1.807) is 0 Å². The molecule has 0 heterocycles. The van der Waals surface area contributed by atoms with Crippen molar-refractivity contribution in [3.05, 3.63) is 10.4 Å². The lowest BCUT2D eigenvalue weighted by atomic mass is 9.43. The SMILES string of the molecule is CC(=O)O[C@@H]1C[C@@H]2CC(N=[N+]=[N-])CC[C@]2(C)[C@H]2CC[C@]3(C)[C@@H]([C@H](C)CCC(N)=O)CC[C@H]3[C@H]12. The normalized spacial score (nSPS) is 45.0. The predicted octanol–water partition coefficient (Wildman–Crippen LogP) is 5.77. The maximum absolute atomic E-state index is 12.2. The molecule has 0 aromatic rings. The van der Waals surface area contributed by atoms with Crippen molar-refractivity contribution in [2.24, 2.45) is 57.2 Å². The van der Waals surface area contributed by atoms with Crippen molar-refractivity contribution < 1.29 is 14.3 Å². The number of primary amides is 1. The highest BCUT2D eigenvalue weighted by Gasteiger charge is 2.63. The molecule has 4 saturated carbocycles. The monoisotopic (exact) mass is 458 g/mol. The number of esters is 1. The van der Waals surface area contributed by atoms with Gasteiger partial charge < -0.3 is 10.5 Å². The van der Waals surface area contributed by atoms with E-state index in [4.69, 9.17) is 16.0 Å². The number of azide groups is 1. The van der Waals surface area contributed by atoms with Gasteiger partial charge in [-0.25, -0.2) is 0 Å². The molecule has 4 aliphatic rings. The van der Waals surface area contributed by atoms with Crippen LogP contribution in [0, 0.1) is 46.3 Å². The number of fused-ring (bicyclic) bond motifs is 5. The van der Waals surface area contributed by atoms with Gasteiger partial charge in [-0.05, 0) is 104 Å². The van der Waals surface area contributed by atoms with Crippen LogP contribution in [0.25, 0.3) is 10.4 Å². The van der Waals surface area contributed by atoms with Crippen molar-refractivity contribution in [2.75, 3.05) is 0 Å². The second-order valence-electron chi connectivity index (χ2n) is 12.2. The second-order valence-corrected chi connectivity index (χ2v) is 12.2. The number of hydrogen-bond acceptors (Lipinski definition) is 4. The molecule has 7 heteroatoms. The fourth-order valence-electron chi connectivity index (χ4n) is 9.24. The van der Waals surface area contributed by atoms with Crippen LogP contribution in [0.1, 0.15) is 91.9 Å². The van der Waals surface area contributed by atoms with Gasteiger partial charge in [-0.15, -0.1) is 0 Å². The largest absolute Gasteiger partial charge is 0.462 e. The third-order valence-corrected chi connectivity index (χ3v) is 10.8. The van der Waals surface area contributed by atoms with Crippen LogP contribution in [-0.2, 0) is 14.3 Å². The molecule has 2 N–H and O–H groups in total. The molecule has 0 saturated heterocycles. The first-order valence-corrected chi connectivity index (χ1v) is 13.1. The highest BCUT2D eigenvalue weighted by atomic mass is 16.5. The van der Waals surface area contributed by atoms with Crippen LogP contribution < -0.4 is 5.73 Å². The quantitative estimate of drug-likeness (QED) is 0.235. The second kappa shape index (κ2) is 9.13. The summed E-state index contributed by atoms with van der Waals surface area (Å²) in [5, 5.41) is 4.06. The minimum Gasteiger partial charge on any atom is -0.462 e. The first kappa shape index (κ1) is 24.4. The fourth-order valence-corrected chi connectivity index (χ4v) is 9.24. The number of nitrogens with zero attached hydrogens (tertiary/aromatic N) is 3. The van der Waals surface area contributed by atoms with Crippen molar-refractivity contribution in [2.45, 2.75) is 104 Å². The number of hydrogen-bond donors (Lipinski definition) is 1. The first-order valence-electron chi connectivity index (χ1n) is 13.1. The van der Waals surface area contributed by atoms with Gasteiger partial charge >= 0.3 is 5.97 Å². The van der Waals surface area contributed by atoms with Gasteiger partial charge in [-0.2, -0.15) is 0 Å². The van der Waals surface area contributed by atoms with Crippen molar-refractivity contribution in [3.63, 3.8) is 0 Å². The summed E-state index contributed by atoms with van der Waals surface area (Å²) in [7, 11) is 0. The molecule has 0 aliphatic heterocycles. The van der Waals surface area contributed by atoms with Crippen LogP contribution in [0.3, 0.4) is 0 Å². The number of carbonyl (C=O) groups is 2. The Bertz CT molecular complexity index is 826. The van der Waals surface area contributed by atoms with Gasteiger partial charge in [0.2, 0.25) is 5.91 Å². The first-order chi connectivity index (χ1) is 15.6. The highest BCUT2D eigenvalue weighted by molar-refractivity contribution is 5.73. The molecule has 4 rings (SSSR count). The van der Waals surface area contributed by atoms with Gasteiger partial charge in [0.15, 0.2) is 0 Å². The molecule has 1 unspecified atom stereocenters. The van der Waals surface area contributed by atoms with E-state index in [-0.39, 0.29) is 34.9 Å². The molecule has 0 aromatic heterocycles. The molecule has 33 heavy (non-hydrogen) atoms. The average molecular weight is 459 g/mol. The third-order valence-electron chi connectivity index (χ3n) is 10.8. The number of nitrogens with two attached hydrogens (primary N) is 1. The fraction of sp³-hybridized carbons (Fsp3) is 0.923. The van der Waals surface area contributed by atoms with Gasteiger partial charge in [0.1, 0.15) is 6.10 Å². The van der Waals surface area contributed by atoms with Crippen molar-refractivity contribution in [3.8, 4) is 0 Å². The molecule has 4 fully saturated rings. The van der Waals surface area contributed by atoms with Crippen molar-refractivity contribution in [1.29, 1.82) is 0 Å². The third kappa shape index (κ3) is 4.26. The summed E-state index contributed by atoms with van der Waals surface area (Å²) in [5.74, 6) is 2.61. The van der Waals surface area contributed by atoms with Gasteiger partial charge in [0, 0.05) is 30.2 Å². The molecular weight excluding hydrogens is 416 g/mol.